The van der Waals surface area contributed by atoms with E-state index in [2.05, 4.69) is 5.32 Å². The van der Waals surface area contributed by atoms with Crippen LogP contribution in [0.5, 0.6) is 0 Å². The number of hydrogen-bond acceptors (Lipinski definition) is 3. The Morgan fingerprint density at radius 2 is 2.18 bits per heavy atom. The zero-order valence-corrected chi connectivity index (χ0v) is 11.3. The van der Waals surface area contributed by atoms with Gasteiger partial charge in [-0.1, -0.05) is 0 Å². The van der Waals surface area contributed by atoms with Crippen molar-refractivity contribution in [2.75, 3.05) is 25.1 Å². The van der Waals surface area contributed by atoms with Gasteiger partial charge in [0, 0.05) is 13.6 Å². The highest BCUT2D eigenvalue weighted by Gasteiger charge is 2.35. The topological polar surface area (TPSA) is 69.6 Å². The van der Waals surface area contributed by atoms with Crippen molar-refractivity contribution in [3.63, 3.8) is 0 Å². The minimum atomic E-state index is -1.19. The Hall–Kier alpha value is -0.910. The van der Waals surface area contributed by atoms with Crippen LogP contribution in [0.15, 0.2) is 0 Å². The molecule has 17 heavy (non-hydrogen) atoms. The number of carbonyl (C=O) groups is 2. The Labute approximate surface area is 106 Å². The fraction of sp³-hybridized carbons (Fsp3) is 0.818. The van der Waals surface area contributed by atoms with Gasteiger partial charge in [0.2, 0.25) is 0 Å². The minimum Gasteiger partial charge on any atom is -0.480 e. The monoisotopic (exact) mass is 260 g/mol. The number of hydrogen-bond donors (Lipinski definition) is 2. The van der Waals surface area contributed by atoms with Crippen LogP contribution >= 0.6 is 11.8 Å². The van der Waals surface area contributed by atoms with Crippen LogP contribution in [0.1, 0.15) is 20.3 Å². The summed E-state index contributed by atoms with van der Waals surface area (Å²) in [7, 11) is 1.51. The summed E-state index contributed by atoms with van der Waals surface area (Å²) in [5.41, 5.74) is -1.19. The van der Waals surface area contributed by atoms with E-state index in [0.717, 1.165) is 17.9 Å². The van der Waals surface area contributed by atoms with Crippen LogP contribution < -0.4 is 5.32 Å². The first-order valence-electron chi connectivity index (χ1n) is 5.68. The number of nitrogens with zero attached hydrogens (tertiary/aromatic N) is 1. The second-order valence-electron chi connectivity index (χ2n) is 4.84. The zero-order chi connectivity index (χ0) is 13.1. The summed E-state index contributed by atoms with van der Waals surface area (Å²) in [5.74, 6) is 1.74. The number of carboxylic acid groups (broad SMARTS) is 1. The Kier molecular flexibility index (Phi) is 4.68. The van der Waals surface area contributed by atoms with Crippen LogP contribution in [-0.4, -0.2) is 52.6 Å². The van der Waals surface area contributed by atoms with E-state index in [1.54, 1.807) is 0 Å². The van der Waals surface area contributed by atoms with Crippen LogP contribution in [0.2, 0.25) is 0 Å². The lowest BCUT2D eigenvalue weighted by Gasteiger charge is -2.31. The number of carboxylic acids is 1. The van der Waals surface area contributed by atoms with E-state index in [0.29, 0.717) is 12.5 Å². The zero-order valence-electron chi connectivity index (χ0n) is 10.5. The van der Waals surface area contributed by atoms with Crippen molar-refractivity contribution < 1.29 is 14.7 Å². The summed E-state index contributed by atoms with van der Waals surface area (Å²) in [5, 5.41) is 11.8. The lowest BCUT2D eigenvalue weighted by molar-refractivity contribution is -0.146. The van der Waals surface area contributed by atoms with Crippen molar-refractivity contribution in [3.05, 3.63) is 0 Å². The molecule has 0 aliphatic carbocycles. The summed E-state index contributed by atoms with van der Waals surface area (Å²) in [6, 6.07) is -0.325. The molecule has 5 nitrogen and oxygen atoms in total. The normalized spacial score (nSPS) is 20.1. The number of rotatable bonds is 4. The minimum absolute atomic E-state index is 0.325. The molecule has 6 heteroatoms. The standard InChI is InChI=1S/C11H20N2O3S/c1-11(2,9(14)15)13(3)10(16)12-6-8-4-5-17-7-8/h8H,4-7H2,1-3H3,(H,12,16)(H,14,15). The van der Waals surface area contributed by atoms with Crippen LogP contribution in [0.3, 0.4) is 0 Å². The molecule has 98 valence electrons. The van der Waals surface area contributed by atoms with Gasteiger partial charge >= 0.3 is 12.0 Å². The lowest BCUT2D eigenvalue weighted by atomic mass is 10.0. The van der Waals surface area contributed by atoms with Gasteiger partial charge < -0.3 is 15.3 Å². The largest absolute Gasteiger partial charge is 0.480 e. The SMILES string of the molecule is CN(C(=O)NCC1CCSC1)C(C)(C)C(=O)O. The summed E-state index contributed by atoms with van der Waals surface area (Å²) in [6.45, 7) is 3.66. The molecule has 1 fully saturated rings. The molecule has 0 spiro atoms. The predicted octanol–water partition coefficient (Wildman–Crippen LogP) is 1.24. The molecule has 2 amide bonds. The van der Waals surface area contributed by atoms with Gasteiger partial charge in [-0.2, -0.15) is 11.8 Å². The molecule has 2 N–H and O–H groups in total. The second kappa shape index (κ2) is 5.62. The average molecular weight is 260 g/mol. The number of amides is 2. The molecule has 0 bridgehead atoms. The van der Waals surface area contributed by atoms with Gasteiger partial charge in [0.1, 0.15) is 5.54 Å². The van der Waals surface area contributed by atoms with Crippen LogP contribution in [-0.2, 0) is 4.79 Å². The van der Waals surface area contributed by atoms with Gasteiger partial charge in [0.15, 0.2) is 0 Å². The lowest BCUT2D eigenvalue weighted by Crippen LogP contribution is -2.54. The molecule has 0 aromatic heterocycles. The maximum Gasteiger partial charge on any atom is 0.329 e. The van der Waals surface area contributed by atoms with Gasteiger partial charge in [0.05, 0.1) is 0 Å². The number of aliphatic carboxylic acids is 1. The highest BCUT2D eigenvalue weighted by Crippen LogP contribution is 2.22. The fourth-order valence-corrected chi connectivity index (χ4v) is 2.78. The number of carbonyl (C=O) groups excluding carboxylic acids is 1. The molecule has 1 rings (SSSR count). The summed E-state index contributed by atoms with van der Waals surface area (Å²) in [6.07, 6.45) is 1.12. The molecule has 1 atom stereocenters. The third-order valence-electron chi connectivity index (χ3n) is 3.23. The van der Waals surface area contributed by atoms with Crippen molar-refractivity contribution in [2.45, 2.75) is 25.8 Å². The third kappa shape index (κ3) is 3.52. The molecule has 0 radical (unpaired) electrons. The van der Waals surface area contributed by atoms with E-state index >= 15 is 0 Å². The van der Waals surface area contributed by atoms with Crippen LogP contribution in [0.25, 0.3) is 0 Å². The first-order valence-corrected chi connectivity index (χ1v) is 6.84. The van der Waals surface area contributed by atoms with Crippen molar-refractivity contribution in [3.8, 4) is 0 Å². The quantitative estimate of drug-likeness (QED) is 0.798. The van der Waals surface area contributed by atoms with Gasteiger partial charge in [-0.15, -0.1) is 0 Å². The molecule has 0 saturated carbocycles. The molecule has 1 aliphatic rings. The second-order valence-corrected chi connectivity index (χ2v) is 5.99. The number of thioether (sulfide) groups is 1. The maximum absolute atomic E-state index is 11.8. The molecule has 1 saturated heterocycles. The van der Waals surface area contributed by atoms with Crippen molar-refractivity contribution >= 4 is 23.8 Å². The Bertz CT molecular complexity index is 301. The van der Waals surface area contributed by atoms with E-state index in [-0.39, 0.29) is 6.03 Å². The fourth-order valence-electron chi connectivity index (χ4n) is 1.49. The maximum atomic E-state index is 11.8. The van der Waals surface area contributed by atoms with Gasteiger partial charge in [-0.05, 0) is 37.7 Å². The van der Waals surface area contributed by atoms with Crippen molar-refractivity contribution in [1.29, 1.82) is 0 Å². The van der Waals surface area contributed by atoms with Gasteiger partial charge in [0.25, 0.3) is 0 Å². The first kappa shape index (κ1) is 14.2. The predicted molar refractivity (Wildman–Crippen MR) is 68.3 cm³/mol. The Morgan fingerprint density at radius 1 is 1.53 bits per heavy atom. The molecular formula is C11H20N2O3S. The number of likely N-dealkylation sites (N-methyl/N-ethyl adjacent to an activating group) is 1. The van der Waals surface area contributed by atoms with E-state index in [1.807, 2.05) is 11.8 Å². The highest BCUT2D eigenvalue weighted by atomic mass is 32.2. The Morgan fingerprint density at radius 3 is 2.65 bits per heavy atom. The smallest absolute Gasteiger partial charge is 0.329 e. The molecule has 0 aromatic rings. The van der Waals surface area contributed by atoms with E-state index in [4.69, 9.17) is 5.11 Å². The van der Waals surface area contributed by atoms with E-state index in [1.165, 1.54) is 25.8 Å². The van der Waals surface area contributed by atoms with Crippen molar-refractivity contribution in [2.24, 2.45) is 5.92 Å². The average Bonchev–Trinajstić information content (AvgIpc) is 2.77. The number of nitrogens with one attached hydrogen (secondary N) is 1. The summed E-state index contributed by atoms with van der Waals surface area (Å²) >= 11 is 1.89. The first-order chi connectivity index (χ1) is 7.85. The van der Waals surface area contributed by atoms with E-state index < -0.39 is 11.5 Å². The van der Waals surface area contributed by atoms with Gasteiger partial charge in [-0.3, -0.25) is 0 Å². The van der Waals surface area contributed by atoms with E-state index in [9.17, 15) is 9.59 Å². The molecule has 1 heterocycles. The van der Waals surface area contributed by atoms with Crippen molar-refractivity contribution in [1.82, 2.24) is 10.2 Å². The summed E-state index contributed by atoms with van der Waals surface area (Å²) < 4.78 is 0. The van der Waals surface area contributed by atoms with Crippen LogP contribution in [0.4, 0.5) is 4.79 Å². The molecular weight excluding hydrogens is 240 g/mol. The van der Waals surface area contributed by atoms with Crippen LogP contribution in [0, 0.1) is 5.92 Å². The third-order valence-corrected chi connectivity index (χ3v) is 4.46. The number of urea groups is 1. The van der Waals surface area contributed by atoms with Gasteiger partial charge in [-0.25, -0.2) is 9.59 Å². The highest BCUT2D eigenvalue weighted by molar-refractivity contribution is 7.99. The molecule has 1 unspecified atom stereocenters. The Balaban J connectivity index is 2.43. The molecule has 1 aliphatic heterocycles. The molecule has 0 aromatic carbocycles. The summed E-state index contributed by atoms with van der Waals surface area (Å²) in [4.78, 5) is 24.0.